The Balaban J connectivity index is 1.82. The van der Waals surface area contributed by atoms with E-state index >= 15 is 0 Å². The molecule has 1 heterocycles. The highest BCUT2D eigenvalue weighted by molar-refractivity contribution is 5.99. The summed E-state index contributed by atoms with van der Waals surface area (Å²) < 4.78 is 0. The Labute approximate surface area is 149 Å². The Bertz CT molecular complexity index is 649. The molecule has 1 N–H and O–H groups in total. The highest BCUT2D eigenvalue weighted by Crippen LogP contribution is 2.15. The smallest absolute Gasteiger partial charge is 0.317 e. The van der Waals surface area contributed by atoms with E-state index in [1.54, 1.807) is 9.80 Å². The molecule has 0 bridgehead atoms. The van der Waals surface area contributed by atoms with Crippen LogP contribution in [-0.4, -0.2) is 60.2 Å². The summed E-state index contributed by atoms with van der Waals surface area (Å²) in [5.74, 6) is -0.00952. The number of nitrogens with one attached hydrogen (secondary N) is 1. The molecule has 0 unspecified atom stereocenters. The molecule has 1 fully saturated rings. The zero-order chi connectivity index (χ0) is 18.4. The van der Waals surface area contributed by atoms with Crippen LogP contribution in [0, 0.1) is 13.8 Å². The van der Waals surface area contributed by atoms with Gasteiger partial charge in [-0.05, 0) is 32.4 Å². The molecule has 0 spiro atoms. The van der Waals surface area contributed by atoms with Crippen molar-refractivity contribution in [3.05, 3.63) is 34.9 Å². The Hall–Kier alpha value is -2.37. The second kappa shape index (κ2) is 8.65. The van der Waals surface area contributed by atoms with Gasteiger partial charge in [0.2, 0.25) is 5.91 Å². The van der Waals surface area contributed by atoms with Gasteiger partial charge in [0.15, 0.2) is 5.78 Å². The highest BCUT2D eigenvalue weighted by Gasteiger charge is 2.24. The molecule has 6 heteroatoms. The molecule has 1 aliphatic heterocycles. The van der Waals surface area contributed by atoms with Crippen molar-refractivity contribution in [3.8, 4) is 0 Å². The summed E-state index contributed by atoms with van der Waals surface area (Å²) in [4.78, 5) is 40.0. The predicted octanol–water partition coefficient (Wildman–Crippen LogP) is 2.14. The van der Waals surface area contributed by atoms with Gasteiger partial charge < -0.3 is 15.1 Å². The monoisotopic (exact) mass is 345 g/mol. The molecule has 1 aromatic carbocycles. The first-order valence-electron chi connectivity index (χ1n) is 8.83. The minimum Gasteiger partial charge on any atom is -0.339 e. The van der Waals surface area contributed by atoms with Crippen molar-refractivity contribution in [2.45, 2.75) is 33.6 Å². The first-order chi connectivity index (χ1) is 11.9. The standard InChI is InChI=1S/C19H27N3O3/c1-4-20-19(25)22-11-9-21(10-12-22)18(24)8-7-17(23)16-13-14(2)5-6-15(16)3/h5-6,13H,4,7-12H2,1-3H3,(H,20,25). The maximum absolute atomic E-state index is 12.4. The van der Waals surface area contributed by atoms with Crippen LogP contribution in [0.15, 0.2) is 18.2 Å². The van der Waals surface area contributed by atoms with E-state index in [0.717, 1.165) is 11.1 Å². The summed E-state index contributed by atoms with van der Waals surface area (Å²) in [6, 6.07) is 5.71. The van der Waals surface area contributed by atoms with Crippen molar-refractivity contribution in [1.29, 1.82) is 0 Å². The molecule has 0 aromatic heterocycles. The normalized spacial score (nSPS) is 14.4. The molecule has 136 valence electrons. The van der Waals surface area contributed by atoms with E-state index in [9.17, 15) is 14.4 Å². The second-order valence-corrected chi connectivity index (χ2v) is 6.44. The van der Waals surface area contributed by atoms with Crippen molar-refractivity contribution < 1.29 is 14.4 Å². The minimum atomic E-state index is -0.0836. The number of Topliss-reactive ketones (excluding diaryl/α,β-unsaturated/α-hetero) is 1. The van der Waals surface area contributed by atoms with Gasteiger partial charge in [-0.1, -0.05) is 17.7 Å². The van der Waals surface area contributed by atoms with Crippen molar-refractivity contribution in [3.63, 3.8) is 0 Å². The maximum atomic E-state index is 12.4. The van der Waals surface area contributed by atoms with Crippen LogP contribution in [0.2, 0.25) is 0 Å². The molecular weight excluding hydrogens is 318 g/mol. The van der Waals surface area contributed by atoms with Crippen LogP contribution >= 0.6 is 0 Å². The molecule has 0 saturated carbocycles. The fraction of sp³-hybridized carbons (Fsp3) is 0.526. The third-order valence-electron chi connectivity index (χ3n) is 4.51. The fourth-order valence-corrected chi connectivity index (χ4v) is 2.97. The average Bonchev–Trinajstić information content (AvgIpc) is 2.61. The zero-order valence-corrected chi connectivity index (χ0v) is 15.3. The summed E-state index contributed by atoms with van der Waals surface area (Å²) in [7, 11) is 0. The van der Waals surface area contributed by atoms with Crippen LogP contribution in [0.5, 0.6) is 0 Å². The number of urea groups is 1. The van der Waals surface area contributed by atoms with Crippen molar-refractivity contribution in [2.24, 2.45) is 0 Å². The third-order valence-corrected chi connectivity index (χ3v) is 4.51. The number of nitrogens with zero attached hydrogens (tertiary/aromatic N) is 2. The summed E-state index contributed by atoms with van der Waals surface area (Å²) in [5.41, 5.74) is 2.69. The second-order valence-electron chi connectivity index (χ2n) is 6.44. The summed E-state index contributed by atoms with van der Waals surface area (Å²) in [6.07, 6.45) is 0.438. The molecule has 1 aromatic rings. The number of piperazine rings is 1. The lowest BCUT2D eigenvalue weighted by Gasteiger charge is -2.34. The number of carbonyl (C=O) groups excluding carboxylic acids is 3. The molecule has 6 nitrogen and oxygen atoms in total. The number of aryl methyl sites for hydroxylation is 2. The third kappa shape index (κ3) is 5.05. The van der Waals surface area contributed by atoms with Crippen LogP contribution in [0.25, 0.3) is 0 Å². The van der Waals surface area contributed by atoms with Gasteiger partial charge in [0.1, 0.15) is 0 Å². The van der Waals surface area contributed by atoms with Crippen molar-refractivity contribution in [1.82, 2.24) is 15.1 Å². The minimum absolute atomic E-state index is 0.00973. The van der Waals surface area contributed by atoms with Gasteiger partial charge in [0.25, 0.3) is 0 Å². The molecule has 2 rings (SSSR count). The van der Waals surface area contributed by atoms with E-state index < -0.39 is 0 Å². The Morgan fingerprint density at radius 2 is 1.64 bits per heavy atom. The number of hydrogen-bond acceptors (Lipinski definition) is 3. The van der Waals surface area contributed by atoms with E-state index in [0.29, 0.717) is 38.3 Å². The summed E-state index contributed by atoms with van der Waals surface area (Å²) in [5, 5.41) is 2.77. The molecule has 0 atom stereocenters. The molecule has 1 saturated heterocycles. The van der Waals surface area contributed by atoms with Crippen molar-refractivity contribution in [2.75, 3.05) is 32.7 Å². The fourth-order valence-electron chi connectivity index (χ4n) is 2.97. The van der Waals surface area contributed by atoms with Crippen LogP contribution in [0.3, 0.4) is 0 Å². The Morgan fingerprint density at radius 3 is 2.28 bits per heavy atom. The lowest BCUT2D eigenvalue weighted by molar-refractivity contribution is -0.132. The van der Waals surface area contributed by atoms with Gasteiger partial charge in [-0.3, -0.25) is 9.59 Å². The number of carbonyl (C=O) groups is 3. The highest BCUT2D eigenvalue weighted by atomic mass is 16.2. The lowest BCUT2D eigenvalue weighted by Crippen LogP contribution is -2.53. The molecule has 3 amide bonds. The average molecular weight is 345 g/mol. The number of hydrogen-bond donors (Lipinski definition) is 1. The predicted molar refractivity (Wildman–Crippen MR) is 96.7 cm³/mol. The van der Waals surface area contributed by atoms with Gasteiger partial charge in [0, 0.05) is 51.1 Å². The molecule has 0 aliphatic carbocycles. The first kappa shape index (κ1) is 19.0. The van der Waals surface area contributed by atoms with Crippen LogP contribution in [0.4, 0.5) is 4.79 Å². The van der Waals surface area contributed by atoms with E-state index in [1.165, 1.54) is 0 Å². The zero-order valence-electron chi connectivity index (χ0n) is 15.3. The van der Waals surface area contributed by atoms with Gasteiger partial charge in [-0.25, -0.2) is 4.79 Å². The number of ketones is 1. The largest absolute Gasteiger partial charge is 0.339 e. The van der Waals surface area contributed by atoms with Crippen LogP contribution < -0.4 is 5.32 Å². The quantitative estimate of drug-likeness (QED) is 0.831. The number of rotatable bonds is 5. The van der Waals surface area contributed by atoms with Gasteiger partial charge in [0.05, 0.1) is 0 Å². The molecule has 0 radical (unpaired) electrons. The van der Waals surface area contributed by atoms with Gasteiger partial charge >= 0.3 is 6.03 Å². The Morgan fingerprint density at radius 1 is 1.00 bits per heavy atom. The van der Waals surface area contributed by atoms with Crippen LogP contribution in [-0.2, 0) is 4.79 Å². The SMILES string of the molecule is CCNC(=O)N1CCN(C(=O)CCC(=O)c2cc(C)ccc2C)CC1. The number of amides is 3. The Kier molecular flexibility index (Phi) is 6.56. The van der Waals surface area contributed by atoms with Crippen molar-refractivity contribution >= 4 is 17.7 Å². The maximum Gasteiger partial charge on any atom is 0.317 e. The molecular formula is C19H27N3O3. The lowest BCUT2D eigenvalue weighted by atomic mass is 9.99. The first-order valence-corrected chi connectivity index (χ1v) is 8.83. The summed E-state index contributed by atoms with van der Waals surface area (Å²) in [6.45, 7) is 8.44. The van der Waals surface area contributed by atoms with Gasteiger partial charge in [-0.2, -0.15) is 0 Å². The topological polar surface area (TPSA) is 69.7 Å². The van der Waals surface area contributed by atoms with Crippen LogP contribution in [0.1, 0.15) is 41.3 Å². The van der Waals surface area contributed by atoms with Gasteiger partial charge in [-0.15, -0.1) is 0 Å². The molecule has 25 heavy (non-hydrogen) atoms. The van der Waals surface area contributed by atoms with E-state index in [-0.39, 0.29) is 30.6 Å². The number of benzene rings is 1. The molecule has 1 aliphatic rings. The van der Waals surface area contributed by atoms with E-state index in [4.69, 9.17) is 0 Å². The summed E-state index contributed by atoms with van der Waals surface area (Å²) >= 11 is 0. The van der Waals surface area contributed by atoms with E-state index in [2.05, 4.69) is 5.32 Å². The van der Waals surface area contributed by atoms with E-state index in [1.807, 2.05) is 39.0 Å².